The summed E-state index contributed by atoms with van der Waals surface area (Å²) in [5.74, 6) is -2.20. The molecule has 40 heavy (non-hydrogen) atoms. The van der Waals surface area contributed by atoms with Crippen molar-refractivity contribution in [2.24, 2.45) is 10.5 Å². The molecule has 4 aromatic rings. The number of benzene rings is 4. The van der Waals surface area contributed by atoms with Gasteiger partial charge in [-0.1, -0.05) is 91.0 Å². The molecule has 0 radical (unpaired) electrons. The van der Waals surface area contributed by atoms with Crippen LogP contribution < -0.4 is 0 Å². The molecule has 0 amide bonds. The zero-order valence-corrected chi connectivity index (χ0v) is 21.0. The first kappa shape index (κ1) is 23.8. The number of ketones is 3. The van der Waals surface area contributed by atoms with Crippen LogP contribution in [0.25, 0.3) is 0 Å². The molecule has 1 fully saturated rings. The van der Waals surface area contributed by atoms with Crippen molar-refractivity contribution in [3.8, 4) is 0 Å². The Morgan fingerprint density at radius 1 is 0.825 bits per heavy atom. The number of hydrazone groups is 1. The third-order valence-corrected chi connectivity index (χ3v) is 8.34. The van der Waals surface area contributed by atoms with Gasteiger partial charge >= 0.3 is 0 Å². The van der Waals surface area contributed by atoms with Crippen LogP contribution in [0.3, 0.4) is 0 Å². The van der Waals surface area contributed by atoms with Gasteiger partial charge in [-0.15, -0.1) is 0 Å². The molecule has 3 aliphatic rings. The fourth-order valence-electron chi connectivity index (χ4n) is 6.75. The van der Waals surface area contributed by atoms with Crippen molar-refractivity contribution < 1.29 is 19.3 Å². The van der Waals surface area contributed by atoms with E-state index in [9.17, 15) is 24.5 Å². The molecular formula is C32H21N3O5. The summed E-state index contributed by atoms with van der Waals surface area (Å²) in [7, 11) is 0. The summed E-state index contributed by atoms with van der Waals surface area (Å²) >= 11 is 0. The molecule has 0 saturated carbocycles. The second-order valence-corrected chi connectivity index (χ2v) is 10.2. The standard InChI is InChI=1S/C32H21N3O5/c36-28(19-9-2-1-3-10-19)27-26(20-12-8-13-22(17-20)35(39)40)32(30(37)24-15-6-7-16-25(24)31(32)38)29-23-14-5-4-11-21(23)18-33-34(27)29/h1-18,26-27,29H/t26-,27+,29+/m0/s1. The van der Waals surface area contributed by atoms with E-state index in [-0.39, 0.29) is 22.6 Å². The average Bonchev–Trinajstić information content (AvgIpc) is 3.43. The first-order valence-corrected chi connectivity index (χ1v) is 12.9. The van der Waals surface area contributed by atoms with Crippen LogP contribution >= 0.6 is 0 Å². The molecule has 4 aromatic carbocycles. The van der Waals surface area contributed by atoms with E-state index >= 15 is 0 Å². The maximum atomic E-state index is 14.7. The number of hydrogen-bond acceptors (Lipinski definition) is 7. The quantitative estimate of drug-likeness (QED) is 0.152. The van der Waals surface area contributed by atoms with Crippen LogP contribution in [0.1, 0.15) is 59.7 Å². The van der Waals surface area contributed by atoms with Crippen LogP contribution in [-0.4, -0.2) is 39.5 Å². The van der Waals surface area contributed by atoms with Gasteiger partial charge in [-0.05, 0) is 16.7 Å². The van der Waals surface area contributed by atoms with Crippen molar-refractivity contribution in [1.82, 2.24) is 5.01 Å². The van der Waals surface area contributed by atoms with E-state index < -0.39 is 39.9 Å². The molecule has 1 spiro atoms. The minimum atomic E-state index is -1.78. The fraction of sp³-hybridized carbons (Fsp3) is 0.125. The number of non-ortho nitro benzene ring substituents is 1. The molecule has 2 heterocycles. The number of nitro groups is 1. The molecule has 0 unspecified atom stereocenters. The Morgan fingerprint density at radius 2 is 1.48 bits per heavy atom. The Morgan fingerprint density at radius 3 is 2.17 bits per heavy atom. The topological polar surface area (TPSA) is 110 Å². The monoisotopic (exact) mass is 527 g/mol. The zero-order chi connectivity index (χ0) is 27.6. The highest BCUT2D eigenvalue weighted by molar-refractivity contribution is 6.31. The molecule has 0 bridgehead atoms. The summed E-state index contributed by atoms with van der Waals surface area (Å²) in [5, 5.41) is 18.1. The Hall–Kier alpha value is -5.24. The van der Waals surface area contributed by atoms with E-state index in [0.717, 1.165) is 5.56 Å². The summed E-state index contributed by atoms with van der Waals surface area (Å²) in [6, 6.07) is 26.6. The highest BCUT2D eigenvalue weighted by atomic mass is 16.6. The largest absolute Gasteiger partial charge is 0.293 e. The summed E-state index contributed by atoms with van der Waals surface area (Å²) in [5.41, 5.74) is 0.787. The predicted octanol–water partition coefficient (Wildman–Crippen LogP) is 5.40. The lowest BCUT2D eigenvalue weighted by Crippen LogP contribution is -2.43. The van der Waals surface area contributed by atoms with Crippen molar-refractivity contribution in [1.29, 1.82) is 0 Å². The maximum absolute atomic E-state index is 14.7. The molecule has 0 aromatic heterocycles. The summed E-state index contributed by atoms with van der Waals surface area (Å²) in [6.07, 6.45) is 1.64. The number of carbonyl (C=O) groups is 3. The lowest BCUT2D eigenvalue weighted by molar-refractivity contribution is -0.384. The lowest BCUT2D eigenvalue weighted by atomic mass is 9.63. The minimum Gasteiger partial charge on any atom is -0.293 e. The van der Waals surface area contributed by atoms with E-state index in [0.29, 0.717) is 16.7 Å². The second kappa shape index (κ2) is 8.64. The first-order chi connectivity index (χ1) is 19.4. The Balaban J connectivity index is 1.57. The zero-order valence-electron chi connectivity index (χ0n) is 21.0. The Kier molecular flexibility index (Phi) is 5.15. The smallest absolute Gasteiger partial charge is 0.269 e. The predicted molar refractivity (Wildman–Crippen MR) is 147 cm³/mol. The van der Waals surface area contributed by atoms with Gasteiger partial charge in [-0.3, -0.25) is 29.5 Å². The van der Waals surface area contributed by atoms with Gasteiger partial charge in [0.15, 0.2) is 17.3 Å². The summed E-state index contributed by atoms with van der Waals surface area (Å²) in [6.45, 7) is 0. The molecule has 7 rings (SSSR count). The third kappa shape index (κ3) is 3.07. The molecule has 1 aliphatic carbocycles. The third-order valence-electron chi connectivity index (χ3n) is 8.34. The highest BCUT2D eigenvalue weighted by Gasteiger charge is 2.72. The Bertz CT molecular complexity index is 1750. The molecule has 8 nitrogen and oxygen atoms in total. The fourth-order valence-corrected chi connectivity index (χ4v) is 6.75. The van der Waals surface area contributed by atoms with Crippen molar-refractivity contribution in [3.05, 3.63) is 147 Å². The maximum Gasteiger partial charge on any atom is 0.269 e. The van der Waals surface area contributed by atoms with Gasteiger partial charge < -0.3 is 0 Å². The van der Waals surface area contributed by atoms with Crippen molar-refractivity contribution >= 4 is 29.3 Å². The first-order valence-electron chi connectivity index (χ1n) is 12.9. The number of carbonyl (C=O) groups excluding carboxylic acids is 3. The van der Waals surface area contributed by atoms with E-state index in [1.807, 2.05) is 24.3 Å². The van der Waals surface area contributed by atoms with Crippen LogP contribution in [0, 0.1) is 15.5 Å². The van der Waals surface area contributed by atoms with Crippen LogP contribution in [0.4, 0.5) is 5.69 Å². The van der Waals surface area contributed by atoms with Crippen molar-refractivity contribution in [3.63, 3.8) is 0 Å². The SMILES string of the molecule is O=C(c1ccccc1)[C@H]1[C@H](c2cccc([N+](=O)[O-])c2)C2(C(=O)c3ccccc3C2=O)[C@H]2c3ccccc3C=NN12. The summed E-state index contributed by atoms with van der Waals surface area (Å²) in [4.78, 5) is 55.0. The van der Waals surface area contributed by atoms with Gasteiger partial charge in [0.25, 0.3) is 5.69 Å². The van der Waals surface area contributed by atoms with Gasteiger partial charge in [-0.25, -0.2) is 0 Å². The highest BCUT2D eigenvalue weighted by Crippen LogP contribution is 2.64. The molecule has 3 atom stereocenters. The number of hydrogen-bond donors (Lipinski definition) is 0. The number of rotatable bonds is 4. The van der Waals surface area contributed by atoms with Crippen LogP contribution in [0.5, 0.6) is 0 Å². The van der Waals surface area contributed by atoms with Crippen LogP contribution in [0.2, 0.25) is 0 Å². The molecule has 2 aliphatic heterocycles. The molecular weight excluding hydrogens is 506 g/mol. The van der Waals surface area contributed by atoms with Crippen molar-refractivity contribution in [2.45, 2.75) is 18.0 Å². The van der Waals surface area contributed by atoms with Crippen LogP contribution in [0.15, 0.2) is 108 Å². The molecule has 194 valence electrons. The van der Waals surface area contributed by atoms with E-state index in [4.69, 9.17) is 5.10 Å². The van der Waals surface area contributed by atoms with Gasteiger partial charge in [0, 0.05) is 34.7 Å². The van der Waals surface area contributed by atoms with Gasteiger partial charge in [0.2, 0.25) is 0 Å². The average molecular weight is 528 g/mol. The molecule has 1 saturated heterocycles. The van der Waals surface area contributed by atoms with Crippen LogP contribution in [-0.2, 0) is 0 Å². The van der Waals surface area contributed by atoms with Crippen molar-refractivity contribution in [2.75, 3.05) is 0 Å². The van der Waals surface area contributed by atoms with Gasteiger partial charge in [0.05, 0.1) is 17.2 Å². The number of nitro benzene ring substituents is 1. The van der Waals surface area contributed by atoms with E-state index in [1.165, 1.54) is 18.2 Å². The van der Waals surface area contributed by atoms with Gasteiger partial charge in [-0.2, -0.15) is 5.10 Å². The lowest BCUT2D eigenvalue weighted by Gasteiger charge is -2.36. The molecule has 0 N–H and O–H groups in total. The summed E-state index contributed by atoms with van der Waals surface area (Å²) < 4.78 is 0. The number of nitrogens with zero attached hydrogens (tertiary/aromatic N) is 3. The van der Waals surface area contributed by atoms with E-state index in [2.05, 4.69) is 0 Å². The van der Waals surface area contributed by atoms with E-state index in [1.54, 1.807) is 71.9 Å². The number of Topliss-reactive ketones (excluding diaryl/α,β-unsaturated/α-hetero) is 3. The molecule has 8 heteroatoms. The second-order valence-electron chi connectivity index (χ2n) is 10.2. The minimum absolute atomic E-state index is 0.192. The Labute approximate surface area is 228 Å². The normalized spacial score (nSPS) is 21.7. The number of fused-ring (bicyclic) bond motifs is 5. The van der Waals surface area contributed by atoms with Gasteiger partial charge in [0.1, 0.15) is 11.5 Å².